The van der Waals surface area contributed by atoms with Crippen molar-refractivity contribution >= 4 is 52.9 Å². The largest absolute Gasteiger partial charge is 0.493 e. The van der Waals surface area contributed by atoms with Crippen LogP contribution in [0.15, 0.2) is 34.6 Å². The van der Waals surface area contributed by atoms with E-state index in [2.05, 4.69) is 21.8 Å². The van der Waals surface area contributed by atoms with Gasteiger partial charge in [-0.15, -0.1) is 35.3 Å². The number of halogens is 2. The molecule has 0 unspecified atom stereocenters. The standard InChI is InChI=1S/C17H22ClN3O2S.HI/c1-3-23-16-14(18)9-12(10-15(16)22-2)11-21-17(19)20-7-6-13-5-4-8-24-13;/h4-5,8-10H,3,6-7,11H2,1-2H3,(H3,19,20,21);1H. The smallest absolute Gasteiger partial charge is 0.188 e. The van der Waals surface area contributed by atoms with Crippen molar-refractivity contribution in [2.45, 2.75) is 19.9 Å². The zero-order chi connectivity index (χ0) is 17.4. The van der Waals surface area contributed by atoms with Crippen LogP contribution >= 0.6 is 46.9 Å². The van der Waals surface area contributed by atoms with Crippen molar-refractivity contribution in [2.24, 2.45) is 10.7 Å². The molecule has 8 heteroatoms. The molecule has 0 spiro atoms. The van der Waals surface area contributed by atoms with Crippen LogP contribution in [0.4, 0.5) is 0 Å². The fourth-order valence-corrected chi connectivity index (χ4v) is 3.15. The van der Waals surface area contributed by atoms with Gasteiger partial charge in [-0.2, -0.15) is 0 Å². The van der Waals surface area contributed by atoms with Crippen molar-refractivity contribution in [3.05, 3.63) is 45.1 Å². The molecule has 3 N–H and O–H groups in total. The first kappa shape index (κ1) is 21.9. The predicted octanol–water partition coefficient (Wildman–Crippen LogP) is 4.07. The third-order valence-electron chi connectivity index (χ3n) is 3.27. The monoisotopic (exact) mass is 495 g/mol. The molecule has 0 radical (unpaired) electrons. The molecule has 2 rings (SSSR count). The first-order valence-electron chi connectivity index (χ1n) is 7.69. The van der Waals surface area contributed by atoms with Crippen molar-refractivity contribution in [3.8, 4) is 11.5 Å². The highest BCUT2D eigenvalue weighted by Crippen LogP contribution is 2.36. The molecule has 1 heterocycles. The van der Waals surface area contributed by atoms with Gasteiger partial charge < -0.3 is 20.5 Å². The number of aliphatic imine (C=N–C) groups is 1. The zero-order valence-corrected chi connectivity index (χ0v) is 18.2. The van der Waals surface area contributed by atoms with E-state index in [4.69, 9.17) is 26.8 Å². The lowest BCUT2D eigenvalue weighted by molar-refractivity contribution is 0.311. The number of rotatable bonds is 8. The van der Waals surface area contributed by atoms with E-state index in [0.29, 0.717) is 35.6 Å². The Labute approximate surface area is 174 Å². The van der Waals surface area contributed by atoms with Gasteiger partial charge in [0.25, 0.3) is 0 Å². The van der Waals surface area contributed by atoms with E-state index in [0.717, 1.165) is 18.5 Å². The normalized spacial score (nSPS) is 10.9. The molecule has 0 fully saturated rings. The van der Waals surface area contributed by atoms with Crippen molar-refractivity contribution in [1.29, 1.82) is 0 Å². The molecule has 0 bridgehead atoms. The van der Waals surface area contributed by atoms with Gasteiger partial charge in [0.05, 0.1) is 25.3 Å². The average molecular weight is 496 g/mol. The number of nitrogens with one attached hydrogen (secondary N) is 1. The van der Waals surface area contributed by atoms with Crippen LogP contribution in [0, 0.1) is 0 Å². The lowest BCUT2D eigenvalue weighted by atomic mass is 10.2. The van der Waals surface area contributed by atoms with E-state index < -0.39 is 0 Å². The molecule has 5 nitrogen and oxygen atoms in total. The Morgan fingerprint density at radius 3 is 2.84 bits per heavy atom. The number of methoxy groups -OCH3 is 1. The first-order valence-corrected chi connectivity index (χ1v) is 8.95. The minimum Gasteiger partial charge on any atom is -0.493 e. The molecule has 0 atom stereocenters. The minimum atomic E-state index is 0. The van der Waals surface area contributed by atoms with Crippen LogP contribution in [0.25, 0.3) is 0 Å². The van der Waals surface area contributed by atoms with E-state index in [1.807, 2.05) is 25.1 Å². The lowest BCUT2D eigenvalue weighted by Gasteiger charge is -2.12. The van der Waals surface area contributed by atoms with Crippen LogP contribution in [0.1, 0.15) is 17.4 Å². The molecule has 0 aliphatic rings. The molecule has 0 aliphatic carbocycles. The van der Waals surface area contributed by atoms with Gasteiger partial charge >= 0.3 is 0 Å². The molecule has 25 heavy (non-hydrogen) atoms. The number of nitrogens with two attached hydrogens (primary N) is 1. The molecule has 0 saturated heterocycles. The summed E-state index contributed by atoms with van der Waals surface area (Å²) in [7, 11) is 1.59. The fourth-order valence-electron chi connectivity index (χ4n) is 2.15. The zero-order valence-electron chi connectivity index (χ0n) is 14.3. The highest BCUT2D eigenvalue weighted by molar-refractivity contribution is 14.0. The van der Waals surface area contributed by atoms with Gasteiger partial charge in [-0.25, -0.2) is 4.99 Å². The van der Waals surface area contributed by atoms with E-state index in [1.54, 1.807) is 18.4 Å². The second-order valence-electron chi connectivity index (χ2n) is 5.00. The van der Waals surface area contributed by atoms with E-state index in [1.165, 1.54) is 4.88 Å². The molecular weight excluding hydrogens is 473 g/mol. The Morgan fingerprint density at radius 2 is 2.20 bits per heavy atom. The van der Waals surface area contributed by atoms with Gasteiger partial charge in [0.1, 0.15) is 0 Å². The van der Waals surface area contributed by atoms with Crippen molar-refractivity contribution in [3.63, 3.8) is 0 Å². The van der Waals surface area contributed by atoms with Crippen molar-refractivity contribution in [1.82, 2.24) is 5.32 Å². The number of thiophene rings is 1. The highest BCUT2D eigenvalue weighted by Gasteiger charge is 2.11. The summed E-state index contributed by atoms with van der Waals surface area (Å²) in [6.07, 6.45) is 0.927. The van der Waals surface area contributed by atoms with Gasteiger partial charge in [0.2, 0.25) is 0 Å². The maximum Gasteiger partial charge on any atom is 0.188 e. The second-order valence-corrected chi connectivity index (χ2v) is 6.44. The number of nitrogens with zero attached hydrogens (tertiary/aromatic N) is 1. The minimum absolute atomic E-state index is 0. The summed E-state index contributed by atoms with van der Waals surface area (Å²) >= 11 is 7.98. The summed E-state index contributed by atoms with van der Waals surface area (Å²) in [5.41, 5.74) is 6.81. The van der Waals surface area contributed by atoms with Gasteiger partial charge in [-0.3, -0.25) is 0 Å². The fraction of sp³-hybridized carbons (Fsp3) is 0.353. The molecule has 138 valence electrons. The average Bonchev–Trinajstić information content (AvgIpc) is 3.08. The number of benzene rings is 1. The van der Waals surface area contributed by atoms with Gasteiger partial charge in [-0.05, 0) is 42.5 Å². The molecule has 1 aromatic heterocycles. The number of ether oxygens (including phenoxy) is 2. The molecule has 0 amide bonds. The molecular formula is C17H23ClIN3O2S. The van der Waals surface area contributed by atoms with Crippen LogP contribution in [-0.4, -0.2) is 26.2 Å². The van der Waals surface area contributed by atoms with E-state index in [9.17, 15) is 0 Å². The van der Waals surface area contributed by atoms with Crippen LogP contribution in [-0.2, 0) is 13.0 Å². The Morgan fingerprint density at radius 1 is 1.40 bits per heavy atom. The number of hydrogen-bond acceptors (Lipinski definition) is 4. The summed E-state index contributed by atoms with van der Waals surface area (Å²) in [5, 5.41) is 5.68. The Balaban J connectivity index is 0.00000312. The van der Waals surface area contributed by atoms with Crippen LogP contribution < -0.4 is 20.5 Å². The SMILES string of the molecule is CCOc1c(Cl)cc(CN=C(N)NCCc2cccs2)cc1OC.I. The quantitative estimate of drug-likeness (QED) is 0.329. The molecule has 1 aromatic carbocycles. The van der Waals surface area contributed by atoms with Crippen LogP contribution in [0.3, 0.4) is 0 Å². The second kappa shape index (κ2) is 11.4. The molecule has 0 aliphatic heterocycles. The topological polar surface area (TPSA) is 68.9 Å². The lowest BCUT2D eigenvalue weighted by Crippen LogP contribution is -2.33. The third-order valence-corrected chi connectivity index (χ3v) is 4.48. The summed E-state index contributed by atoms with van der Waals surface area (Å²) in [6.45, 7) is 3.59. The third kappa shape index (κ3) is 6.91. The Bertz CT molecular complexity index is 681. The van der Waals surface area contributed by atoms with Gasteiger partial charge in [0.15, 0.2) is 17.5 Å². The summed E-state index contributed by atoms with van der Waals surface area (Å²) < 4.78 is 10.8. The maximum absolute atomic E-state index is 6.25. The Kier molecular flexibility index (Phi) is 9.99. The van der Waals surface area contributed by atoms with Crippen molar-refractivity contribution in [2.75, 3.05) is 20.3 Å². The molecule has 2 aromatic rings. The summed E-state index contributed by atoms with van der Waals surface area (Å²) in [4.78, 5) is 5.66. The Hall–Kier alpha value is -1.19. The first-order chi connectivity index (χ1) is 11.6. The summed E-state index contributed by atoms with van der Waals surface area (Å²) in [6, 6.07) is 7.82. The predicted molar refractivity (Wildman–Crippen MR) is 116 cm³/mol. The van der Waals surface area contributed by atoms with Crippen LogP contribution in [0.5, 0.6) is 11.5 Å². The van der Waals surface area contributed by atoms with Crippen molar-refractivity contribution < 1.29 is 9.47 Å². The number of hydrogen-bond donors (Lipinski definition) is 2. The van der Waals surface area contributed by atoms with Gasteiger partial charge in [0, 0.05) is 11.4 Å². The molecule has 0 saturated carbocycles. The summed E-state index contributed by atoms with van der Waals surface area (Å²) in [5.74, 6) is 1.56. The van der Waals surface area contributed by atoms with E-state index in [-0.39, 0.29) is 24.0 Å². The van der Waals surface area contributed by atoms with Crippen LogP contribution in [0.2, 0.25) is 5.02 Å². The van der Waals surface area contributed by atoms with Gasteiger partial charge in [-0.1, -0.05) is 17.7 Å². The number of guanidine groups is 1. The highest BCUT2D eigenvalue weighted by atomic mass is 127. The van der Waals surface area contributed by atoms with E-state index >= 15 is 0 Å². The maximum atomic E-state index is 6.25.